The van der Waals surface area contributed by atoms with Crippen LogP contribution in [-0.2, 0) is 13.1 Å². The number of nitrogens with zero attached hydrogens (tertiary/aromatic N) is 3. The Morgan fingerprint density at radius 3 is 3.08 bits per heavy atom. The average molecular weight is 178 g/mol. The van der Waals surface area contributed by atoms with Crippen molar-refractivity contribution in [2.75, 3.05) is 0 Å². The molecule has 0 saturated heterocycles. The van der Waals surface area contributed by atoms with E-state index in [1.165, 1.54) is 0 Å². The van der Waals surface area contributed by atoms with Gasteiger partial charge in [-0.05, 0) is 0 Å². The molecule has 0 radical (unpaired) electrons. The summed E-state index contributed by atoms with van der Waals surface area (Å²) in [5, 5.41) is 7.40. The molecule has 0 amide bonds. The first kappa shape index (κ1) is 9.75. The molecule has 4 heteroatoms. The van der Waals surface area contributed by atoms with Gasteiger partial charge in [-0.15, -0.1) is 6.42 Å². The summed E-state index contributed by atoms with van der Waals surface area (Å²) in [7, 11) is 0. The van der Waals surface area contributed by atoms with Crippen LogP contribution in [0.3, 0.4) is 0 Å². The number of terminal acetylenes is 1. The molecule has 1 N–H and O–H groups in total. The zero-order valence-electron chi connectivity index (χ0n) is 7.99. The molecule has 0 atom stereocenters. The van der Waals surface area contributed by atoms with Crippen LogP contribution in [-0.4, -0.2) is 20.8 Å². The molecule has 0 aliphatic carbocycles. The molecule has 1 aromatic rings. The van der Waals surface area contributed by atoms with Gasteiger partial charge >= 0.3 is 0 Å². The van der Waals surface area contributed by atoms with E-state index in [-0.39, 0.29) is 0 Å². The Hall–Kier alpha value is -1.34. The lowest BCUT2D eigenvalue weighted by Crippen LogP contribution is -2.22. The molecule has 1 rings (SSSR count). The van der Waals surface area contributed by atoms with Crippen LogP contribution >= 0.6 is 0 Å². The number of aromatic nitrogens is 3. The first-order valence-electron chi connectivity index (χ1n) is 4.27. The first-order valence-corrected chi connectivity index (χ1v) is 4.27. The Labute approximate surface area is 78.4 Å². The van der Waals surface area contributed by atoms with Crippen LogP contribution in [0.25, 0.3) is 0 Å². The van der Waals surface area contributed by atoms with Gasteiger partial charge in [-0.25, -0.2) is 9.67 Å². The van der Waals surface area contributed by atoms with E-state index in [9.17, 15) is 0 Å². The van der Waals surface area contributed by atoms with Crippen molar-refractivity contribution in [1.82, 2.24) is 20.1 Å². The second-order valence-corrected chi connectivity index (χ2v) is 3.10. The predicted molar refractivity (Wildman–Crippen MR) is 50.8 cm³/mol. The molecule has 13 heavy (non-hydrogen) atoms. The van der Waals surface area contributed by atoms with E-state index >= 15 is 0 Å². The highest BCUT2D eigenvalue weighted by Crippen LogP contribution is 1.90. The molecule has 0 aromatic carbocycles. The van der Waals surface area contributed by atoms with Crippen LogP contribution in [0.15, 0.2) is 6.33 Å². The molecule has 0 aliphatic rings. The Morgan fingerprint density at radius 1 is 1.69 bits per heavy atom. The van der Waals surface area contributed by atoms with Gasteiger partial charge in [-0.1, -0.05) is 19.8 Å². The van der Waals surface area contributed by atoms with Crippen LogP contribution < -0.4 is 5.32 Å². The summed E-state index contributed by atoms with van der Waals surface area (Å²) in [5.41, 5.74) is 0. The van der Waals surface area contributed by atoms with E-state index in [0.29, 0.717) is 19.1 Å². The van der Waals surface area contributed by atoms with Gasteiger partial charge in [0.1, 0.15) is 12.9 Å². The summed E-state index contributed by atoms with van der Waals surface area (Å²) in [6.45, 7) is 5.33. The van der Waals surface area contributed by atoms with Gasteiger partial charge in [0.15, 0.2) is 5.82 Å². The van der Waals surface area contributed by atoms with E-state index in [1.807, 2.05) is 0 Å². The van der Waals surface area contributed by atoms with Crippen LogP contribution in [0.5, 0.6) is 0 Å². The topological polar surface area (TPSA) is 42.7 Å². The monoisotopic (exact) mass is 178 g/mol. The second kappa shape index (κ2) is 4.63. The van der Waals surface area contributed by atoms with E-state index in [0.717, 1.165) is 5.82 Å². The third-order valence-electron chi connectivity index (χ3n) is 1.51. The van der Waals surface area contributed by atoms with Crippen molar-refractivity contribution in [3.05, 3.63) is 12.2 Å². The smallest absolute Gasteiger partial charge is 0.164 e. The molecular formula is C9H14N4. The summed E-state index contributed by atoms with van der Waals surface area (Å²) in [6, 6.07) is 0.444. The van der Waals surface area contributed by atoms with E-state index in [2.05, 4.69) is 35.2 Å². The summed E-state index contributed by atoms with van der Waals surface area (Å²) >= 11 is 0. The van der Waals surface area contributed by atoms with Gasteiger partial charge in [0.05, 0.1) is 6.54 Å². The highest BCUT2D eigenvalue weighted by atomic mass is 15.3. The molecule has 0 fully saturated rings. The maximum absolute atomic E-state index is 5.14. The Balaban J connectivity index is 2.45. The first-order chi connectivity index (χ1) is 6.22. The Kier molecular flexibility index (Phi) is 3.47. The Bertz CT molecular complexity index is 295. The van der Waals surface area contributed by atoms with Gasteiger partial charge < -0.3 is 5.32 Å². The lowest BCUT2D eigenvalue weighted by molar-refractivity contribution is 0.567. The average Bonchev–Trinajstić information content (AvgIpc) is 2.50. The minimum Gasteiger partial charge on any atom is -0.308 e. The molecule has 1 heterocycles. The standard InChI is InChI=1S/C9H14N4/c1-4-5-13-7-11-9(12-13)6-10-8(2)3/h1,7-8,10H,5-6H2,2-3H3. The van der Waals surface area contributed by atoms with Crippen molar-refractivity contribution in [3.8, 4) is 12.3 Å². The number of rotatable bonds is 4. The molecule has 0 bridgehead atoms. The van der Waals surface area contributed by atoms with Gasteiger partial charge in [-0.2, -0.15) is 5.10 Å². The second-order valence-electron chi connectivity index (χ2n) is 3.10. The van der Waals surface area contributed by atoms with Gasteiger partial charge in [-0.3, -0.25) is 0 Å². The van der Waals surface area contributed by atoms with Gasteiger partial charge in [0.25, 0.3) is 0 Å². The number of nitrogens with one attached hydrogen (secondary N) is 1. The zero-order valence-corrected chi connectivity index (χ0v) is 7.99. The van der Waals surface area contributed by atoms with E-state index < -0.39 is 0 Å². The van der Waals surface area contributed by atoms with Crippen molar-refractivity contribution in [1.29, 1.82) is 0 Å². The van der Waals surface area contributed by atoms with Crippen molar-refractivity contribution in [2.24, 2.45) is 0 Å². The van der Waals surface area contributed by atoms with Gasteiger partial charge in [0, 0.05) is 6.04 Å². The predicted octanol–water partition coefficient (Wildman–Crippen LogP) is 0.409. The number of hydrogen-bond donors (Lipinski definition) is 1. The SMILES string of the molecule is C#CCn1cnc(CNC(C)C)n1. The van der Waals surface area contributed by atoms with Crippen LogP contribution in [0.4, 0.5) is 0 Å². The van der Waals surface area contributed by atoms with Crippen molar-refractivity contribution in [2.45, 2.75) is 33.0 Å². The quantitative estimate of drug-likeness (QED) is 0.679. The summed E-state index contributed by atoms with van der Waals surface area (Å²) in [5.74, 6) is 3.28. The van der Waals surface area contributed by atoms with Crippen LogP contribution in [0, 0.1) is 12.3 Å². The minimum absolute atomic E-state index is 0.444. The van der Waals surface area contributed by atoms with Crippen LogP contribution in [0.1, 0.15) is 19.7 Å². The summed E-state index contributed by atoms with van der Waals surface area (Å²) in [6.07, 6.45) is 6.79. The summed E-state index contributed by atoms with van der Waals surface area (Å²) < 4.78 is 1.65. The summed E-state index contributed by atoms with van der Waals surface area (Å²) in [4.78, 5) is 4.10. The molecule has 4 nitrogen and oxygen atoms in total. The number of hydrogen-bond acceptors (Lipinski definition) is 3. The molecular weight excluding hydrogens is 164 g/mol. The fourth-order valence-corrected chi connectivity index (χ4v) is 0.879. The van der Waals surface area contributed by atoms with Gasteiger partial charge in [0.2, 0.25) is 0 Å². The molecule has 0 unspecified atom stereocenters. The maximum Gasteiger partial charge on any atom is 0.164 e. The highest BCUT2D eigenvalue weighted by Gasteiger charge is 2.00. The third-order valence-corrected chi connectivity index (χ3v) is 1.51. The molecule has 0 aliphatic heterocycles. The van der Waals surface area contributed by atoms with Crippen molar-refractivity contribution < 1.29 is 0 Å². The molecule has 0 saturated carbocycles. The minimum atomic E-state index is 0.444. The molecule has 0 spiro atoms. The van der Waals surface area contributed by atoms with Crippen molar-refractivity contribution in [3.63, 3.8) is 0 Å². The molecule has 70 valence electrons. The van der Waals surface area contributed by atoms with E-state index in [1.54, 1.807) is 11.0 Å². The molecule has 1 aromatic heterocycles. The van der Waals surface area contributed by atoms with Crippen molar-refractivity contribution >= 4 is 0 Å². The fourth-order valence-electron chi connectivity index (χ4n) is 0.879. The fraction of sp³-hybridized carbons (Fsp3) is 0.556. The zero-order chi connectivity index (χ0) is 9.68. The maximum atomic E-state index is 5.14. The Morgan fingerprint density at radius 2 is 2.46 bits per heavy atom. The third kappa shape index (κ3) is 3.26. The highest BCUT2D eigenvalue weighted by molar-refractivity contribution is 4.87. The van der Waals surface area contributed by atoms with Crippen LogP contribution in [0.2, 0.25) is 0 Å². The lowest BCUT2D eigenvalue weighted by Gasteiger charge is -2.03. The normalized spacial score (nSPS) is 10.3. The van der Waals surface area contributed by atoms with E-state index in [4.69, 9.17) is 6.42 Å². The largest absolute Gasteiger partial charge is 0.308 e. The lowest BCUT2D eigenvalue weighted by atomic mass is 10.4.